The first-order chi connectivity index (χ1) is 15.4. The molecule has 0 radical (unpaired) electrons. The molecule has 0 unspecified atom stereocenters. The Kier molecular flexibility index (Phi) is 10.1. The maximum Gasteiger partial charge on any atom is 0.324 e. The molecule has 1 aliphatic rings. The summed E-state index contributed by atoms with van der Waals surface area (Å²) in [5.74, 6) is 0.232. The van der Waals surface area contributed by atoms with Crippen molar-refractivity contribution in [1.29, 1.82) is 0 Å². The Morgan fingerprint density at radius 1 is 1.16 bits per heavy atom. The standard InChI is InChI=1S/C22H27F2N3O5/c23-22(24,15-31-16-8-4-3-5-9-16)13-12-18-17(19(26-29)14-20(18)27-30)10-6-1-2-7-11-21(28)32-25/h1,3-6,8-9,12-13,17-20H,2,7,10-11,14-15,25H2/b6-1-,13-12+/t17-,18-,19+,20-/m1/s1. The van der Waals surface area contributed by atoms with Crippen molar-refractivity contribution in [3.63, 3.8) is 0 Å². The molecule has 4 atom stereocenters. The number of nitrogens with zero attached hydrogens (tertiary/aromatic N) is 2. The molecule has 1 aromatic carbocycles. The van der Waals surface area contributed by atoms with Gasteiger partial charge in [0.05, 0.1) is 6.04 Å². The van der Waals surface area contributed by atoms with Crippen LogP contribution in [0.3, 0.4) is 0 Å². The van der Waals surface area contributed by atoms with Crippen LogP contribution in [-0.2, 0) is 9.63 Å². The number of nitroso groups, excluding NO2 is 2. The molecule has 0 saturated heterocycles. The Balaban J connectivity index is 1.98. The third-order valence-corrected chi connectivity index (χ3v) is 5.38. The molecule has 10 heteroatoms. The zero-order valence-corrected chi connectivity index (χ0v) is 17.5. The molecule has 2 N–H and O–H groups in total. The van der Waals surface area contributed by atoms with Crippen molar-refractivity contribution in [2.45, 2.75) is 50.1 Å². The number of allylic oxidation sites excluding steroid dienone is 2. The van der Waals surface area contributed by atoms with Crippen LogP contribution in [0.2, 0.25) is 0 Å². The fourth-order valence-electron chi connectivity index (χ4n) is 3.73. The fourth-order valence-corrected chi connectivity index (χ4v) is 3.73. The summed E-state index contributed by atoms with van der Waals surface area (Å²) in [7, 11) is 0. The van der Waals surface area contributed by atoms with Gasteiger partial charge in [0.1, 0.15) is 11.8 Å². The third kappa shape index (κ3) is 7.92. The smallest absolute Gasteiger partial charge is 0.324 e. The van der Waals surface area contributed by atoms with Crippen molar-refractivity contribution >= 4 is 5.97 Å². The molecule has 174 valence electrons. The fraction of sp³-hybridized carbons (Fsp3) is 0.500. The predicted octanol–water partition coefficient (Wildman–Crippen LogP) is 4.70. The first-order valence-electron chi connectivity index (χ1n) is 10.3. The molecule has 8 nitrogen and oxygen atoms in total. The van der Waals surface area contributed by atoms with E-state index >= 15 is 0 Å². The number of hydrogen-bond donors (Lipinski definition) is 1. The van der Waals surface area contributed by atoms with Crippen LogP contribution >= 0.6 is 0 Å². The molecule has 1 fully saturated rings. The van der Waals surface area contributed by atoms with Crippen LogP contribution < -0.4 is 10.6 Å². The molecular weight excluding hydrogens is 424 g/mol. The highest BCUT2D eigenvalue weighted by molar-refractivity contribution is 5.68. The lowest BCUT2D eigenvalue weighted by molar-refractivity contribution is -0.144. The van der Waals surface area contributed by atoms with E-state index in [1.165, 1.54) is 6.08 Å². The van der Waals surface area contributed by atoms with Crippen LogP contribution in [-0.4, -0.2) is 30.6 Å². The van der Waals surface area contributed by atoms with Crippen molar-refractivity contribution in [3.05, 3.63) is 64.5 Å². The summed E-state index contributed by atoms with van der Waals surface area (Å²) in [5.41, 5.74) is 0. The lowest BCUT2D eigenvalue weighted by Gasteiger charge is -2.19. The number of benzene rings is 1. The van der Waals surface area contributed by atoms with E-state index in [0.717, 1.165) is 0 Å². The molecule has 0 aliphatic heterocycles. The van der Waals surface area contributed by atoms with Gasteiger partial charge in [-0.1, -0.05) is 46.8 Å². The van der Waals surface area contributed by atoms with Crippen molar-refractivity contribution in [2.75, 3.05) is 6.61 Å². The molecule has 1 saturated carbocycles. The zero-order chi connectivity index (χ0) is 23.4. The highest BCUT2D eigenvalue weighted by Gasteiger charge is 2.44. The van der Waals surface area contributed by atoms with Gasteiger partial charge in [0, 0.05) is 12.3 Å². The molecule has 0 heterocycles. The van der Waals surface area contributed by atoms with Crippen LogP contribution in [0, 0.1) is 21.6 Å². The lowest BCUT2D eigenvalue weighted by atomic mass is 9.88. The molecule has 2 rings (SSSR count). The average Bonchev–Trinajstić information content (AvgIpc) is 3.15. The Morgan fingerprint density at radius 2 is 1.88 bits per heavy atom. The first-order valence-corrected chi connectivity index (χ1v) is 10.3. The minimum atomic E-state index is -3.27. The van der Waals surface area contributed by atoms with Gasteiger partial charge in [0.2, 0.25) is 0 Å². The summed E-state index contributed by atoms with van der Waals surface area (Å²) in [5, 5.41) is 6.12. The number of halogens is 2. The minimum absolute atomic E-state index is 0.120. The van der Waals surface area contributed by atoms with Crippen LogP contribution in [0.15, 0.2) is 65.0 Å². The molecule has 1 aromatic rings. The van der Waals surface area contributed by atoms with Gasteiger partial charge < -0.3 is 9.57 Å². The van der Waals surface area contributed by atoms with Crippen molar-refractivity contribution < 1.29 is 23.1 Å². The predicted molar refractivity (Wildman–Crippen MR) is 115 cm³/mol. The summed E-state index contributed by atoms with van der Waals surface area (Å²) in [6.07, 6.45) is 7.33. The highest BCUT2D eigenvalue weighted by atomic mass is 19.3. The largest absolute Gasteiger partial charge is 0.487 e. The van der Waals surface area contributed by atoms with Crippen molar-refractivity contribution in [3.8, 4) is 5.75 Å². The monoisotopic (exact) mass is 451 g/mol. The molecule has 0 spiro atoms. The molecule has 0 amide bonds. The molecule has 0 aromatic heterocycles. The number of ether oxygens (including phenoxy) is 1. The molecule has 0 bridgehead atoms. The van der Waals surface area contributed by atoms with Crippen LogP contribution in [0.5, 0.6) is 5.75 Å². The Labute approximate surface area is 184 Å². The Bertz CT molecular complexity index is 804. The summed E-state index contributed by atoms with van der Waals surface area (Å²) in [4.78, 5) is 37.6. The quantitative estimate of drug-likeness (QED) is 0.201. The summed E-state index contributed by atoms with van der Waals surface area (Å²) in [6.45, 7) is -0.857. The van der Waals surface area contributed by atoms with Gasteiger partial charge in [0.25, 0.3) is 5.92 Å². The van der Waals surface area contributed by atoms with Crippen LogP contribution in [0.25, 0.3) is 0 Å². The van der Waals surface area contributed by atoms with E-state index in [2.05, 4.69) is 15.2 Å². The maximum absolute atomic E-state index is 14.3. The number of carbonyl (C=O) groups excluding carboxylic acids is 1. The van der Waals surface area contributed by atoms with E-state index in [1.807, 2.05) is 6.08 Å². The Hall–Kier alpha value is -3.01. The van der Waals surface area contributed by atoms with Gasteiger partial charge in [-0.3, -0.25) is 4.79 Å². The third-order valence-electron chi connectivity index (χ3n) is 5.38. The van der Waals surface area contributed by atoms with E-state index in [4.69, 9.17) is 10.6 Å². The van der Waals surface area contributed by atoms with E-state index < -0.39 is 42.4 Å². The molecule has 32 heavy (non-hydrogen) atoms. The van der Waals surface area contributed by atoms with Gasteiger partial charge in [-0.25, -0.2) is 0 Å². The normalized spacial score (nSPS) is 23.5. The molecular formula is C22H27F2N3O5. The average molecular weight is 451 g/mol. The second kappa shape index (κ2) is 12.7. The van der Waals surface area contributed by atoms with E-state index in [1.54, 1.807) is 36.4 Å². The summed E-state index contributed by atoms with van der Waals surface area (Å²) < 4.78 is 33.8. The zero-order valence-electron chi connectivity index (χ0n) is 17.5. The first kappa shape index (κ1) is 25.3. The second-order valence-electron chi connectivity index (χ2n) is 7.63. The van der Waals surface area contributed by atoms with Crippen LogP contribution in [0.1, 0.15) is 32.1 Å². The molecule has 1 aliphatic carbocycles. The number of alkyl halides is 2. The number of rotatable bonds is 13. The Morgan fingerprint density at radius 3 is 2.53 bits per heavy atom. The van der Waals surface area contributed by atoms with Gasteiger partial charge in [-0.2, -0.15) is 24.5 Å². The number of hydrogen-bond acceptors (Lipinski definition) is 8. The van der Waals surface area contributed by atoms with Gasteiger partial charge in [-0.05, 0) is 49.8 Å². The highest BCUT2D eigenvalue weighted by Crippen LogP contribution is 2.40. The second-order valence-corrected chi connectivity index (χ2v) is 7.63. The summed E-state index contributed by atoms with van der Waals surface area (Å²) in [6, 6.07) is 6.75. The number of nitrogens with two attached hydrogens (primary N) is 1. The van der Waals surface area contributed by atoms with E-state index in [9.17, 15) is 23.4 Å². The van der Waals surface area contributed by atoms with E-state index in [-0.39, 0.29) is 12.8 Å². The minimum Gasteiger partial charge on any atom is -0.487 e. The van der Waals surface area contributed by atoms with Gasteiger partial charge in [-0.15, -0.1) is 0 Å². The summed E-state index contributed by atoms with van der Waals surface area (Å²) >= 11 is 0. The van der Waals surface area contributed by atoms with Crippen LogP contribution in [0.4, 0.5) is 8.78 Å². The van der Waals surface area contributed by atoms with Crippen molar-refractivity contribution in [2.24, 2.45) is 28.1 Å². The van der Waals surface area contributed by atoms with Gasteiger partial charge >= 0.3 is 5.97 Å². The number of para-hydroxylation sites is 1. The van der Waals surface area contributed by atoms with Gasteiger partial charge in [0.15, 0.2) is 6.61 Å². The number of carbonyl (C=O) groups is 1. The number of unbranched alkanes of at least 4 members (excludes halogenated alkanes) is 1. The van der Waals surface area contributed by atoms with Crippen molar-refractivity contribution in [1.82, 2.24) is 0 Å². The lowest BCUT2D eigenvalue weighted by Crippen LogP contribution is -2.25. The topological polar surface area (TPSA) is 120 Å². The van der Waals surface area contributed by atoms with E-state index in [0.29, 0.717) is 31.1 Å². The maximum atomic E-state index is 14.3. The SMILES string of the molecule is NOC(=O)CCC/C=C\C[C@@H]1[C@@H](/C=C/C(F)(F)COc2ccccc2)[C@H](N=O)C[C@@H]1N=O.